The van der Waals surface area contributed by atoms with E-state index >= 15 is 0 Å². The Morgan fingerprint density at radius 1 is 1.26 bits per heavy atom. The van der Waals surface area contributed by atoms with E-state index in [4.69, 9.17) is 9.84 Å². The Labute approximate surface area is 113 Å². The van der Waals surface area contributed by atoms with Gasteiger partial charge in [-0.3, -0.25) is 9.59 Å². The summed E-state index contributed by atoms with van der Waals surface area (Å²) in [6.45, 7) is 4.16. The van der Waals surface area contributed by atoms with Crippen LogP contribution < -0.4 is 5.32 Å². The molecule has 1 rings (SSSR count). The summed E-state index contributed by atoms with van der Waals surface area (Å²) in [5.41, 5.74) is 0.872. The fraction of sp³-hybridized carbons (Fsp3) is 0.429. The van der Waals surface area contributed by atoms with Gasteiger partial charge in [0.25, 0.3) is 0 Å². The van der Waals surface area contributed by atoms with Crippen LogP contribution in [0.3, 0.4) is 0 Å². The number of hydrogen-bond acceptors (Lipinski definition) is 4. The topological polar surface area (TPSA) is 75.6 Å². The molecule has 5 heteroatoms. The van der Waals surface area contributed by atoms with Gasteiger partial charge in [0.1, 0.15) is 12.6 Å². The zero-order valence-electron chi connectivity index (χ0n) is 11.6. The third-order valence-electron chi connectivity index (χ3n) is 2.26. The standard InChI is InChI=1S/C12H15NO4.C2H6/c1-13-10(12(15)16)7-11(14)17-8-9-5-3-2-4-6-9;1-2/h2-6,10,13H,7-8H2,1H3,(H,15,16);1-2H3. The van der Waals surface area contributed by atoms with Crippen molar-refractivity contribution in [2.24, 2.45) is 0 Å². The maximum atomic E-state index is 11.4. The third kappa shape index (κ3) is 7.21. The number of ether oxygens (including phenoxy) is 1. The number of nitrogens with one attached hydrogen (secondary N) is 1. The summed E-state index contributed by atoms with van der Waals surface area (Å²) in [7, 11) is 1.49. The van der Waals surface area contributed by atoms with Crippen LogP contribution in [0.15, 0.2) is 30.3 Å². The van der Waals surface area contributed by atoms with Crippen molar-refractivity contribution in [2.75, 3.05) is 7.05 Å². The molecule has 0 amide bonds. The normalized spacial score (nSPS) is 10.9. The molecule has 2 N–H and O–H groups in total. The van der Waals surface area contributed by atoms with Crippen molar-refractivity contribution >= 4 is 11.9 Å². The first kappa shape index (κ1) is 17.1. The third-order valence-corrected chi connectivity index (χ3v) is 2.26. The fourth-order valence-corrected chi connectivity index (χ4v) is 1.28. The summed E-state index contributed by atoms with van der Waals surface area (Å²) in [6.07, 6.45) is -0.182. The van der Waals surface area contributed by atoms with E-state index in [1.807, 2.05) is 44.2 Å². The number of likely N-dealkylation sites (N-methyl/N-ethyl adjacent to an activating group) is 1. The Kier molecular flexibility index (Phi) is 9.08. The lowest BCUT2D eigenvalue weighted by Crippen LogP contribution is -2.36. The number of carbonyl (C=O) groups excluding carboxylic acids is 1. The second-order valence-corrected chi connectivity index (χ2v) is 3.53. The zero-order valence-corrected chi connectivity index (χ0v) is 11.6. The molecule has 0 aromatic heterocycles. The molecule has 0 radical (unpaired) electrons. The lowest BCUT2D eigenvalue weighted by Gasteiger charge is -2.10. The van der Waals surface area contributed by atoms with Gasteiger partial charge in [-0.25, -0.2) is 0 Å². The number of esters is 1. The van der Waals surface area contributed by atoms with Gasteiger partial charge in [0, 0.05) is 0 Å². The smallest absolute Gasteiger partial charge is 0.321 e. The van der Waals surface area contributed by atoms with Gasteiger partial charge in [0.15, 0.2) is 0 Å². The van der Waals surface area contributed by atoms with Crippen LogP contribution in [0.1, 0.15) is 25.8 Å². The van der Waals surface area contributed by atoms with E-state index in [9.17, 15) is 9.59 Å². The lowest BCUT2D eigenvalue weighted by molar-refractivity contribution is -0.150. The Morgan fingerprint density at radius 2 is 1.84 bits per heavy atom. The van der Waals surface area contributed by atoms with Crippen LogP contribution in [0, 0.1) is 0 Å². The van der Waals surface area contributed by atoms with Crippen molar-refractivity contribution in [2.45, 2.75) is 32.9 Å². The number of benzene rings is 1. The first-order chi connectivity index (χ1) is 9.13. The van der Waals surface area contributed by atoms with E-state index < -0.39 is 18.0 Å². The minimum atomic E-state index is -1.07. The van der Waals surface area contributed by atoms with Gasteiger partial charge in [0.05, 0.1) is 6.42 Å². The van der Waals surface area contributed by atoms with E-state index in [0.717, 1.165) is 5.56 Å². The first-order valence-electron chi connectivity index (χ1n) is 6.23. The van der Waals surface area contributed by atoms with Gasteiger partial charge in [-0.05, 0) is 12.6 Å². The van der Waals surface area contributed by atoms with E-state index in [-0.39, 0.29) is 13.0 Å². The van der Waals surface area contributed by atoms with Crippen LogP contribution in [0.2, 0.25) is 0 Å². The molecule has 1 unspecified atom stereocenters. The maximum Gasteiger partial charge on any atom is 0.321 e. The maximum absolute atomic E-state index is 11.4. The van der Waals surface area contributed by atoms with E-state index in [1.165, 1.54) is 7.05 Å². The van der Waals surface area contributed by atoms with E-state index in [2.05, 4.69) is 5.32 Å². The number of carboxylic acids is 1. The average molecular weight is 267 g/mol. The molecule has 0 fully saturated rings. The molecule has 19 heavy (non-hydrogen) atoms. The molecule has 0 bridgehead atoms. The Morgan fingerprint density at radius 3 is 2.32 bits per heavy atom. The monoisotopic (exact) mass is 267 g/mol. The lowest BCUT2D eigenvalue weighted by atomic mass is 10.2. The van der Waals surface area contributed by atoms with Crippen molar-refractivity contribution in [1.82, 2.24) is 5.32 Å². The molecule has 0 aliphatic rings. The Balaban J connectivity index is 0.00000154. The Bertz CT molecular complexity index is 378. The van der Waals surface area contributed by atoms with Crippen LogP contribution >= 0.6 is 0 Å². The summed E-state index contributed by atoms with van der Waals surface area (Å²) in [5.74, 6) is -1.60. The van der Waals surface area contributed by atoms with Gasteiger partial charge in [-0.1, -0.05) is 44.2 Å². The van der Waals surface area contributed by atoms with Gasteiger partial charge < -0.3 is 15.2 Å². The number of carbonyl (C=O) groups is 2. The fourth-order valence-electron chi connectivity index (χ4n) is 1.28. The number of hydrogen-bond donors (Lipinski definition) is 2. The minimum absolute atomic E-state index is 0.162. The molecule has 106 valence electrons. The predicted molar refractivity (Wildman–Crippen MR) is 72.7 cm³/mol. The summed E-state index contributed by atoms with van der Waals surface area (Å²) in [4.78, 5) is 22.0. The summed E-state index contributed by atoms with van der Waals surface area (Å²) in [5, 5.41) is 11.3. The molecule has 0 aliphatic heterocycles. The molecule has 0 spiro atoms. The van der Waals surface area contributed by atoms with Crippen molar-refractivity contribution in [3.8, 4) is 0 Å². The Hall–Kier alpha value is -1.88. The highest BCUT2D eigenvalue weighted by Crippen LogP contribution is 2.03. The molecule has 1 aromatic carbocycles. The molecule has 1 aromatic rings. The number of aliphatic carboxylic acids is 1. The zero-order chi connectivity index (χ0) is 14.7. The average Bonchev–Trinajstić information content (AvgIpc) is 2.45. The quantitative estimate of drug-likeness (QED) is 0.769. The summed E-state index contributed by atoms with van der Waals surface area (Å²) in [6, 6.07) is 8.32. The molecule has 0 saturated heterocycles. The van der Waals surface area contributed by atoms with Crippen molar-refractivity contribution in [3.05, 3.63) is 35.9 Å². The second kappa shape index (κ2) is 10.1. The number of rotatable bonds is 6. The molecular formula is C14H21NO4. The van der Waals surface area contributed by atoms with Gasteiger partial charge in [0.2, 0.25) is 0 Å². The van der Waals surface area contributed by atoms with Crippen LogP contribution in [-0.2, 0) is 20.9 Å². The highest BCUT2D eigenvalue weighted by molar-refractivity contribution is 5.81. The second-order valence-electron chi connectivity index (χ2n) is 3.53. The van der Waals surface area contributed by atoms with Crippen LogP contribution in [-0.4, -0.2) is 30.1 Å². The van der Waals surface area contributed by atoms with Gasteiger partial charge >= 0.3 is 11.9 Å². The molecule has 1 atom stereocenters. The van der Waals surface area contributed by atoms with Crippen molar-refractivity contribution in [3.63, 3.8) is 0 Å². The predicted octanol–water partition coefficient (Wildman–Crippen LogP) is 1.82. The first-order valence-corrected chi connectivity index (χ1v) is 6.23. The largest absolute Gasteiger partial charge is 0.480 e. The highest BCUT2D eigenvalue weighted by atomic mass is 16.5. The minimum Gasteiger partial charge on any atom is -0.480 e. The van der Waals surface area contributed by atoms with Crippen LogP contribution in [0.5, 0.6) is 0 Å². The molecule has 5 nitrogen and oxygen atoms in total. The SMILES string of the molecule is CC.CNC(CC(=O)OCc1ccccc1)C(=O)O. The van der Waals surface area contributed by atoms with Crippen molar-refractivity contribution in [1.29, 1.82) is 0 Å². The van der Waals surface area contributed by atoms with Gasteiger partial charge in [-0.15, -0.1) is 0 Å². The van der Waals surface area contributed by atoms with Crippen LogP contribution in [0.25, 0.3) is 0 Å². The van der Waals surface area contributed by atoms with Crippen molar-refractivity contribution < 1.29 is 19.4 Å². The summed E-state index contributed by atoms with van der Waals surface area (Å²) < 4.78 is 4.97. The molecule has 0 aliphatic carbocycles. The molecule has 0 heterocycles. The molecular weight excluding hydrogens is 246 g/mol. The van der Waals surface area contributed by atoms with E-state index in [0.29, 0.717) is 0 Å². The highest BCUT2D eigenvalue weighted by Gasteiger charge is 2.19. The van der Waals surface area contributed by atoms with E-state index in [1.54, 1.807) is 0 Å². The number of carboxylic acid groups (broad SMARTS) is 1. The molecule has 0 saturated carbocycles. The van der Waals surface area contributed by atoms with Crippen LogP contribution in [0.4, 0.5) is 0 Å². The van der Waals surface area contributed by atoms with Gasteiger partial charge in [-0.2, -0.15) is 0 Å². The summed E-state index contributed by atoms with van der Waals surface area (Å²) >= 11 is 0.